The predicted molar refractivity (Wildman–Crippen MR) is 119 cm³/mol. The maximum Gasteiger partial charge on any atom is 0.322 e. The summed E-state index contributed by atoms with van der Waals surface area (Å²) in [4.78, 5) is 20.1. The zero-order chi connectivity index (χ0) is 21.3. The molecule has 0 aliphatic carbocycles. The van der Waals surface area contributed by atoms with E-state index in [2.05, 4.69) is 15.5 Å². The van der Waals surface area contributed by atoms with Crippen molar-refractivity contribution in [2.24, 2.45) is 0 Å². The third-order valence-electron chi connectivity index (χ3n) is 5.10. The zero-order valence-corrected chi connectivity index (χ0v) is 18.4. The highest BCUT2D eigenvalue weighted by molar-refractivity contribution is 7.98. The Morgan fingerprint density at radius 3 is 2.67 bits per heavy atom. The van der Waals surface area contributed by atoms with E-state index in [9.17, 15) is 4.79 Å². The Bertz CT molecular complexity index is 1110. The van der Waals surface area contributed by atoms with Crippen LogP contribution in [0.1, 0.15) is 31.3 Å². The second-order valence-corrected chi connectivity index (χ2v) is 8.15. The Morgan fingerprint density at radius 2 is 2.00 bits per heavy atom. The van der Waals surface area contributed by atoms with Gasteiger partial charge in [0.15, 0.2) is 0 Å². The number of benzene rings is 2. The summed E-state index contributed by atoms with van der Waals surface area (Å²) in [5, 5.41) is 7.82. The van der Waals surface area contributed by atoms with Crippen molar-refractivity contribution in [2.75, 3.05) is 12.8 Å². The highest BCUT2D eigenvalue weighted by Crippen LogP contribution is 2.37. The van der Waals surface area contributed by atoms with Crippen molar-refractivity contribution in [2.45, 2.75) is 24.8 Å². The van der Waals surface area contributed by atoms with Gasteiger partial charge in [0, 0.05) is 27.7 Å². The van der Waals surface area contributed by atoms with Crippen LogP contribution in [0.4, 0.5) is 4.79 Å². The molecule has 1 unspecified atom stereocenters. The van der Waals surface area contributed by atoms with E-state index < -0.39 is 6.04 Å². The normalized spacial score (nSPS) is 16.7. The molecule has 0 radical (unpaired) electrons. The summed E-state index contributed by atoms with van der Waals surface area (Å²) in [5.74, 6) is 0.877. The van der Waals surface area contributed by atoms with Crippen molar-refractivity contribution >= 4 is 35.0 Å². The molecule has 2 aromatic carbocycles. The highest BCUT2D eigenvalue weighted by Gasteiger charge is 2.35. The number of hydrogen-bond acceptors (Lipinski definition) is 5. The lowest BCUT2D eigenvalue weighted by molar-refractivity contribution is 0.207. The molecule has 154 valence electrons. The molecule has 1 aliphatic heterocycles. The van der Waals surface area contributed by atoms with E-state index in [1.165, 1.54) is 0 Å². The van der Waals surface area contributed by atoms with Crippen molar-refractivity contribution in [1.29, 1.82) is 0 Å². The van der Waals surface area contributed by atoms with Crippen molar-refractivity contribution in [3.8, 4) is 11.4 Å². The fraction of sp³-hybridized carbons (Fsp3) is 0.227. The molecule has 0 saturated carbocycles. The average Bonchev–Trinajstić information content (AvgIpc) is 3.23. The number of carbonyl (C=O) groups is 1. The maximum atomic E-state index is 12.6. The van der Waals surface area contributed by atoms with E-state index >= 15 is 0 Å². The van der Waals surface area contributed by atoms with Crippen LogP contribution >= 0.6 is 23.4 Å². The minimum Gasteiger partial charge on any atom is -0.334 e. The van der Waals surface area contributed by atoms with Crippen LogP contribution in [-0.2, 0) is 0 Å². The quantitative estimate of drug-likeness (QED) is 0.520. The van der Waals surface area contributed by atoms with Gasteiger partial charge in [0.25, 0.3) is 5.89 Å². The van der Waals surface area contributed by atoms with Gasteiger partial charge in [0.2, 0.25) is 5.82 Å². The topological polar surface area (TPSA) is 71.3 Å². The molecule has 6 nitrogen and oxygen atoms in total. The number of aromatic nitrogens is 2. The largest absolute Gasteiger partial charge is 0.334 e. The second-order valence-electron chi connectivity index (χ2n) is 6.83. The molecule has 4 rings (SSSR count). The van der Waals surface area contributed by atoms with Crippen molar-refractivity contribution in [1.82, 2.24) is 20.4 Å². The highest BCUT2D eigenvalue weighted by atomic mass is 35.5. The average molecular weight is 441 g/mol. The van der Waals surface area contributed by atoms with E-state index in [1.807, 2.05) is 62.6 Å². The number of allylic oxidation sites excluding steroid dienone is 1. The van der Waals surface area contributed by atoms with Gasteiger partial charge >= 0.3 is 6.03 Å². The van der Waals surface area contributed by atoms with Crippen molar-refractivity contribution in [3.05, 3.63) is 70.7 Å². The van der Waals surface area contributed by atoms with Crippen LogP contribution in [0, 0.1) is 0 Å². The van der Waals surface area contributed by atoms with Crippen molar-refractivity contribution < 1.29 is 9.32 Å². The number of nitrogens with one attached hydrogen (secondary N) is 1. The van der Waals surface area contributed by atoms with E-state index in [1.54, 1.807) is 22.7 Å². The molecular formula is C22H21ClN4O2S. The van der Waals surface area contributed by atoms with Gasteiger partial charge < -0.3 is 9.84 Å². The molecular weight excluding hydrogens is 420 g/mol. The molecule has 0 spiro atoms. The van der Waals surface area contributed by atoms with Crippen LogP contribution in [0.2, 0.25) is 5.02 Å². The Morgan fingerprint density at radius 1 is 1.23 bits per heavy atom. The molecule has 8 heteroatoms. The zero-order valence-electron chi connectivity index (χ0n) is 16.8. The van der Waals surface area contributed by atoms with Crippen LogP contribution in [-0.4, -0.2) is 33.9 Å². The number of thioether (sulfide) groups is 1. The summed E-state index contributed by atoms with van der Waals surface area (Å²) in [6, 6.07) is 14.8. The molecule has 0 bridgehead atoms. The lowest BCUT2D eigenvalue weighted by Crippen LogP contribution is -2.45. The summed E-state index contributed by atoms with van der Waals surface area (Å²) in [6.07, 6.45) is 2.03. The molecule has 2 heterocycles. The first-order valence-electron chi connectivity index (χ1n) is 9.54. The van der Waals surface area contributed by atoms with Gasteiger partial charge in [-0.05, 0) is 62.1 Å². The van der Waals surface area contributed by atoms with Crippen LogP contribution < -0.4 is 5.32 Å². The molecule has 3 aromatic rings. The number of carbonyl (C=O) groups excluding carboxylic acids is 1. The molecule has 0 fully saturated rings. The van der Waals surface area contributed by atoms with Crippen LogP contribution in [0.5, 0.6) is 0 Å². The van der Waals surface area contributed by atoms with E-state index in [0.717, 1.165) is 27.3 Å². The molecule has 2 amide bonds. The van der Waals surface area contributed by atoms with Crippen LogP contribution in [0.3, 0.4) is 0 Å². The first-order valence-corrected chi connectivity index (χ1v) is 11.1. The van der Waals surface area contributed by atoms with Crippen LogP contribution in [0.25, 0.3) is 17.0 Å². The van der Waals surface area contributed by atoms with Gasteiger partial charge in [0.1, 0.15) is 0 Å². The number of hydrogen-bond donors (Lipinski definition) is 1. The molecule has 1 atom stereocenters. The van der Waals surface area contributed by atoms with E-state index in [4.69, 9.17) is 16.1 Å². The van der Waals surface area contributed by atoms with Crippen molar-refractivity contribution in [3.63, 3.8) is 0 Å². The Hall–Kier alpha value is -2.77. The van der Waals surface area contributed by atoms with Gasteiger partial charge in [-0.2, -0.15) is 4.98 Å². The Kier molecular flexibility index (Phi) is 5.83. The summed E-state index contributed by atoms with van der Waals surface area (Å²) in [5.41, 5.74) is 3.26. The predicted octanol–water partition coefficient (Wildman–Crippen LogP) is 5.63. The summed E-state index contributed by atoms with van der Waals surface area (Å²) in [7, 11) is 0. The van der Waals surface area contributed by atoms with Crippen LogP contribution in [0.15, 0.2) is 63.6 Å². The first kappa shape index (κ1) is 20.5. The lowest BCUT2D eigenvalue weighted by Gasteiger charge is -2.34. The minimum atomic E-state index is -0.439. The monoisotopic (exact) mass is 440 g/mol. The summed E-state index contributed by atoms with van der Waals surface area (Å²) >= 11 is 7.88. The van der Waals surface area contributed by atoms with Gasteiger partial charge in [-0.3, -0.25) is 4.90 Å². The van der Waals surface area contributed by atoms with Gasteiger partial charge in [0.05, 0.1) is 11.6 Å². The second kappa shape index (κ2) is 8.53. The molecule has 1 aromatic heterocycles. The smallest absolute Gasteiger partial charge is 0.322 e. The Labute approximate surface area is 184 Å². The minimum absolute atomic E-state index is 0.170. The number of halogens is 1. The van der Waals surface area contributed by atoms with E-state index in [-0.39, 0.29) is 6.03 Å². The first-order chi connectivity index (χ1) is 14.5. The number of rotatable bonds is 5. The molecule has 30 heavy (non-hydrogen) atoms. The number of urea groups is 1. The maximum absolute atomic E-state index is 12.6. The Balaban J connectivity index is 1.79. The molecule has 1 N–H and O–H groups in total. The fourth-order valence-electron chi connectivity index (χ4n) is 3.57. The van der Waals surface area contributed by atoms with E-state index in [0.29, 0.717) is 23.3 Å². The summed E-state index contributed by atoms with van der Waals surface area (Å²) < 4.78 is 5.66. The van der Waals surface area contributed by atoms with Gasteiger partial charge in [-0.1, -0.05) is 28.9 Å². The summed E-state index contributed by atoms with van der Waals surface area (Å²) in [6.45, 7) is 4.35. The number of nitrogens with zero attached hydrogens (tertiary/aromatic N) is 3. The van der Waals surface area contributed by atoms with Gasteiger partial charge in [-0.15, -0.1) is 11.8 Å². The SMILES string of the molecule is CCN1C(=O)NC(c2cccc(Cl)c2)C(c2nc(-c3ccc(SC)cc3)no2)=C1C. The standard InChI is InChI=1S/C22H21ClN4O2S/c1-4-27-13(2)18(19(24-22(27)28)15-6-5-7-16(23)12-15)21-25-20(26-29-21)14-8-10-17(30-3)11-9-14/h5-12,19H,4H2,1-3H3,(H,24,28). The molecule has 1 aliphatic rings. The van der Waals surface area contributed by atoms with Gasteiger partial charge in [-0.25, -0.2) is 4.79 Å². The third kappa shape index (κ3) is 3.82. The molecule has 0 saturated heterocycles. The fourth-order valence-corrected chi connectivity index (χ4v) is 4.17. The number of amides is 2. The third-order valence-corrected chi connectivity index (χ3v) is 6.08. The lowest BCUT2D eigenvalue weighted by atomic mass is 9.94.